The minimum atomic E-state index is -1.22. The maximum absolute atomic E-state index is 12.5. The number of carbonyl (C=O) groups excluding carboxylic acids is 2. The molecule has 2 aromatic carbocycles. The number of hydrogen-bond donors (Lipinski definition) is 1. The van der Waals surface area contributed by atoms with Gasteiger partial charge in [0.15, 0.2) is 0 Å². The second-order valence-corrected chi connectivity index (χ2v) is 6.65. The van der Waals surface area contributed by atoms with Crippen LogP contribution in [0.4, 0.5) is 5.69 Å². The molecule has 0 saturated carbocycles. The minimum Gasteiger partial charge on any atom is -0.548 e. The van der Waals surface area contributed by atoms with Gasteiger partial charge in [-0.2, -0.15) is 5.26 Å². The Kier molecular flexibility index (Phi) is 5.38. The first-order chi connectivity index (χ1) is 13.0. The van der Waals surface area contributed by atoms with Crippen LogP contribution in [-0.4, -0.2) is 16.4 Å². The Bertz CT molecular complexity index is 1110. The molecule has 0 radical (unpaired) electrons. The molecule has 134 valence electrons. The molecular formula is C20H13BrN3O3-. The zero-order valence-corrected chi connectivity index (χ0v) is 15.6. The Labute approximate surface area is 163 Å². The fraction of sp³-hybridized carbons (Fsp3) is 0.0500. The molecule has 0 spiro atoms. The lowest BCUT2D eigenvalue weighted by molar-refractivity contribution is -0.306. The number of nitrogens with one attached hydrogen (secondary N) is 1. The van der Waals surface area contributed by atoms with Gasteiger partial charge in [-0.1, -0.05) is 40.2 Å². The van der Waals surface area contributed by atoms with Crippen molar-refractivity contribution in [2.45, 2.75) is 6.54 Å². The van der Waals surface area contributed by atoms with Crippen LogP contribution in [0.1, 0.15) is 5.56 Å². The van der Waals surface area contributed by atoms with Crippen LogP contribution in [0.25, 0.3) is 17.0 Å². The van der Waals surface area contributed by atoms with Crippen LogP contribution in [0.3, 0.4) is 0 Å². The smallest absolute Gasteiger partial charge is 0.266 e. The zero-order chi connectivity index (χ0) is 19.4. The molecule has 0 aliphatic heterocycles. The largest absolute Gasteiger partial charge is 0.548 e. The van der Waals surface area contributed by atoms with Gasteiger partial charge in [-0.3, -0.25) is 4.79 Å². The number of nitriles is 1. The molecular weight excluding hydrogens is 410 g/mol. The van der Waals surface area contributed by atoms with E-state index in [2.05, 4.69) is 21.2 Å². The molecule has 0 fully saturated rings. The summed E-state index contributed by atoms with van der Waals surface area (Å²) in [6.45, 7) is -0.319. The molecule has 0 aliphatic carbocycles. The second-order valence-electron chi connectivity index (χ2n) is 5.74. The van der Waals surface area contributed by atoms with Gasteiger partial charge in [0, 0.05) is 32.8 Å². The predicted molar refractivity (Wildman–Crippen MR) is 103 cm³/mol. The first-order valence-corrected chi connectivity index (χ1v) is 8.73. The quantitative estimate of drug-likeness (QED) is 0.504. The van der Waals surface area contributed by atoms with E-state index < -0.39 is 11.9 Å². The summed E-state index contributed by atoms with van der Waals surface area (Å²) in [6.07, 6.45) is 3.03. The van der Waals surface area contributed by atoms with E-state index in [4.69, 9.17) is 0 Å². The number of para-hydroxylation sites is 1. The van der Waals surface area contributed by atoms with Crippen molar-refractivity contribution in [3.05, 3.63) is 70.3 Å². The molecule has 1 heterocycles. The van der Waals surface area contributed by atoms with Crippen LogP contribution in [-0.2, 0) is 16.1 Å². The van der Waals surface area contributed by atoms with Crippen molar-refractivity contribution < 1.29 is 14.7 Å². The number of anilines is 1. The normalized spacial score (nSPS) is 11.2. The van der Waals surface area contributed by atoms with Gasteiger partial charge >= 0.3 is 0 Å². The lowest BCUT2D eigenvalue weighted by Gasteiger charge is -2.05. The number of carboxylic acids is 1. The highest BCUT2D eigenvalue weighted by atomic mass is 79.9. The third-order valence-corrected chi connectivity index (χ3v) is 4.36. The lowest BCUT2D eigenvalue weighted by Crippen LogP contribution is -2.27. The highest BCUT2D eigenvalue weighted by molar-refractivity contribution is 9.10. The Morgan fingerprint density at radius 1 is 1.22 bits per heavy atom. The first kappa shape index (κ1) is 18.4. The van der Waals surface area contributed by atoms with Crippen LogP contribution < -0.4 is 10.4 Å². The molecule has 0 saturated heterocycles. The zero-order valence-electron chi connectivity index (χ0n) is 14.0. The van der Waals surface area contributed by atoms with E-state index in [0.29, 0.717) is 16.8 Å². The first-order valence-electron chi connectivity index (χ1n) is 7.94. The monoisotopic (exact) mass is 422 g/mol. The molecule has 6 nitrogen and oxygen atoms in total. The van der Waals surface area contributed by atoms with Gasteiger partial charge < -0.3 is 19.8 Å². The Morgan fingerprint density at radius 3 is 2.70 bits per heavy atom. The van der Waals surface area contributed by atoms with Crippen molar-refractivity contribution in [3.63, 3.8) is 0 Å². The van der Waals surface area contributed by atoms with Gasteiger partial charge in [0.2, 0.25) is 0 Å². The topological polar surface area (TPSA) is 97.9 Å². The molecule has 0 bridgehead atoms. The summed E-state index contributed by atoms with van der Waals surface area (Å²) >= 11 is 3.32. The average Bonchev–Trinajstić information content (AvgIpc) is 2.96. The van der Waals surface area contributed by atoms with E-state index in [9.17, 15) is 20.0 Å². The third kappa shape index (κ3) is 4.25. The molecule has 1 N–H and O–H groups in total. The third-order valence-electron chi connectivity index (χ3n) is 3.87. The second kappa shape index (κ2) is 7.89. The summed E-state index contributed by atoms with van der Waals surface area (Å²) in [6, 6.07) is 16.1. The van der Waals surface area contributed by atoms with Crippen molar-refractivity contribution in [3.8, 4) is 6.07 Å². The summed E-state index contributed by atoms with van der Waals surface area (Å²) in [7, 11) is 0. The maximum Gasteiger partial charge on any atom is 0.266 e. The number of carbonyl (C=O) groups is 2. The standard InChI is InChI=1S/C20H14BrN3O3/c21-15-4-3-5-16(9-15)23-20(27)13(10-22)8-14-11-24(12-19(25)26)18-7-2-1-6-17(14)18/h1-9,11H,12H2,(H,23,27)(H,25,26)/p-1/b13-8-. The summed E-state index contributed by atoms with van der Waals surface area (Å²) in [4.78, 5) is 23.4. The number of carboxylic acid groups (broad SMARTS) is 1. The summed E-state index contributed by atoms with van der Waals surface area (Å²) in [5.41, 5.74) is 1.71. The molecule has 0 atom stereocenters. The van der Waals surface area contributed by atoms with E-state index in [1.54, 1.807) is 48.7 Å². The number of rotatable bonds is 5. The fourth-order valence-electron chi connectivity index (χ4n) is 2.73. The van der Waals surface area contributed by atoms with Crippen LogP contribution in [0.2, 0.25) is 0 Å². The van der Waals surface area contributed by atoms with Crippen molar-refractivity contribution in [1.29, 1.82) is 5.26 Å². The van der Waals surface area contributed by atoms with E-state index in [1.807, 2.05) is 12.1 Å². The molecule has 0 aliphatic rings. The number of aliphatic carboxylic acids is 1. The lowest BCUT2D eigenvalue weighted by atomic mass is 10.1. The van der Waals surface area contributed by atoms with Gasteiger partial charge in [0.1, 0.15) is 11.6 Å². The highest BCUT2D eigenvalue weighted by Gasteiger charge is 2.13. The number of benzene rings is 2. The molecule has 1 amide bonds. The van der Waals surface area contributed by atoms with Crippen molar-refractivity contribution in [2.75, 3.05) is 5.32 Å². The van der Waals surface area contributed by atoms with Gasteiger partial charge in [0.05, 0.1) is 12.5 Å². The van der Waals surface area contributed by atoms with E-state index in [0.717, 1.165) is 9.86 Å². The van der Waals surface area contributed by atoms with E-state index >= 15 is 0 Å². The molecule has 3 rings (SSSR count). The van der Waals surface area contributed by atoms with E-state index in [1.165, 1.54) is 10.6 Å². The Morgan fingerprint density at radius 2 is 2.00 bits per heavy atom. The van der Waals surface area contributed by atoms with Crippen LogP contribution in [0.5, 0.6) is 0 Å². The summed E-state index contributed by atoms with van der Waals surface area (Å²) in [5.74, 6) is -1.77. The van der Waals surface area contributed by atoms with Crippen LogP contribution in [0.15, 0.2) is 64.8 Å². The number of halogens is 1. The summed E-state index contributed by atoms with van der Waals surface area (Å²) in [5, 5.41) is 23.8. The van der Waals surface area contributed by atoms with Gasteiger partial charge in [0.25, 0.3) is 5.91 Å². The average molecular weight is 423 g/mol. The number of amides is 1. The molecule has 27 heavy (non-hydrogen) atoms. The van der Waals surface area contributed by atoms with E-state index in [-0.39, 0.29) is 12.1 Å². The maximum atomic E-state index is 12.5. The summed E-state index contributed by atoms with van der Waals surface area (Å²) < 4.78 is 2.31. The number of fused-ring (bicyclic) bond motifs is 1. The number of hydrogen-bond acceptors (Lipinski definition) is 4. The Hall–Kier alpha value is -3.37. The van der Waals surface area contributed by atoms with Crippen molar-refractivity contribution in [1.82, 2.24) is 4.57 Å². The SMILES string of the molecule is N#C/C(=C/c1cn(CC(=O)[O-])c2ccccc12)C(=O)Nc1cccc(Br)c1. The van der Waals surface area contributed by atoms with Crippen molar-refractivity contribution >= 4 is 50.5 Å². The molecule has 1 aromatic heterocycles. The highest BCUT2D eigenvalue weighted by Crippen LogP contribution is 2.24. The van der Waals surface area contributed by atoms with Crippen molar-refractivity contribution in [2.24, 2.45) is 0 Å². The molecule has 3 aromatic rings. The number of nitrogens with zero attached hydrogens (tertiary/aromatic N) is 2. The predicted octanol–water partition coefficient (Wildman–Crippen LogP) is 2.70. The molecule has 7 heteroatoms. The van der Waals surface area contributed by atoms with Gasteiger partial charge in [-0.05, 0) is 30.3 Å². The van der Waals surface area contributed by atoms with Gasteiger partial charge in [-0.15, -0.1) is 0 Å². The van der Waals surface area contributed by atoms with Crippen LogP contribution in [0, 0.1) is 11.3 Å². The van der Waals surface area contributed by atoms with Crippen LogP contribution >= 0.6 is 15.9 Å². The number of aromatic nitrogens is 1. The minimum absolute atomic E-state index is 0.0914. The molecule has 0 unspecified atom stereocenters. The van der Waals surface area contributed by atoms with Gasteiger partial charge in [-0.25, -0.2) is 0 Å². The Balaban J connectivity index is 1.97. The fourth-order valence-corrected chi connectivity index (χ4v) is 3.13.